The highest BCUT2D eigenvalue weighted by Crippen LogP contribution is 2.42. The zero-order valence-corrected chi connectivity index (χ0v) is 12.0. The first kappa shape index (κ1) is 13.9. The molecule has 2 rings (SSSR count). The summed E-state index contributed by atoms with van der Waals surface area (Å²) in [4.78, 5) is 14.0. The topological polar surface area (TPSA) is 40.5 Å². The predicted molar refractivity (Wildman–Crippen MR) is 72.5 cm³/mol. The second-order valence-electron chi connectivity index (χ2n) is 6.96. The van der Waals surface area contributed by atoms with Crippen LogP contribution in [0.4, 0.5) is 0 Å². The minimum atomic E-state index is -0.579. The summed E-state index contributed by atoms with van der Waals surface area (Å²) < 4.78 is 0. The number of carboxylic acid groups (broad SMARTS) is 1. The number of rotatable bonds is 5. The Morgan fingerprint density at radius 2 is 2.11 bits per heavy atom. The van der Waals surface area contributed by atoms with E-state index in [-0.39, 0.29) is 0 Å². The van der Waals surface area contributed by atoms with Crippen LogP contribution in [0.3, 0.4) is 0 Å². The van der Waals surface area contributed by atoms with Crippen LogP contribution in [0.2, 0.25) is 0 Å². The molecule has 2 saturated carbocycles. The van der Waals surface area contributed by atoms with E-state index in [0.717, 1.165) is 44.2 Å². The van der Waals surface area contributed by atoms with Gasteiger partial charge < -0.3 is 10.0 Å². The average molecular weight is 253 g/mol. The molecule has 0 aromatic carbocycles. The smallest absolute Gasteiger partial charge is 0.310 e. The van der Waals surface area contributed by atoms with Crippen molar-refractivity contribution < 1.29 is 9.90 Å². The molecule has 4 atom stereocenters. The van der Waals surface area contributed by atoms with Crippen molar-refractivity contribution in [3.63, 3.8) is 0 Å². The second kappa shape index (κ2) is 5.20. The molecule has 0 radical (unpaired) electrons. The highest BCUT2D eigenvalue weighted by molar-refractivity contribution is 5.75. The minimum Gasteiger partial charge on any atom is -0.481 e. The Bertz CT molecular complexity index is 318. The standard InChI is InChI=1S/C15H27NO2/c1-11-5-4-6-15(8-11,14(17)18)10-16(3)9-13-7-12(13)2/h11-13H,4-10H2,1-3H3,(H,17,18). The van der Waals surface area contributed by atoms with Gasteiger partial charge in [-0.2, -0.15) is 0 Å². The van der Waals surface area contributed by atoms with Crippen molar-refractivity contribution in [2.24, 2.45) is 23.2 Å². The number of carboxylic acids is 1. The summed E-state index contributed by atoms with van der Waals surface area (Å²) in [6, 6.07) is 0. The molecule has 0 saturated heterocycles. The van der Waals surface area contributed by atoms with Gasteiger partial charge >= 0.3 is 5.97 Å². The molecule has 2 aliphatic rings. The Morgan fingerprint density at radius 3 is 2.61 bits per heavy atom. The molecule has 0 heterocycles. The van der Waals surface area contributed by atoms with Crippen LogP contribution in [0.25, 0.3) is 0 Å². The molecule has 0 aromatic heterocycles. The summed E-state index contributed by atoms with van der Waals surface area (Å²) in [7, 11) is 2.09. The van der Waals surface area contributed by atoms with Gasteiger partial charge in [-0.1, -0.05) is 26.7 Å². The third-order valence-electron chi connectivity index (χ3n) is 4.94. The summed E-state index contributed by atoms with van der Waals surface area (Å²) in [6.45, 7) is 6.29. The maximum atomic E-state index is 11.7. The van der Waals surface area contributed by atoms with Gasteiger partial charge in [-0.3, -0.25) is 4.79 Å². The molecule has 18 heavy (non-hydrogen) atoms. The normalized spacial score (nSPS) is 39.9. The summed E-state index contributed by atoms with van der Waals surface area (Å²) >= 11 is 0. The van der Waals surface area contributed by atoms with E-state index >= 15 is 0 Å². The number of hydrogen-bond acceptors (Lipinski definition) is 2. The highest BCUT2D eigenvalue weighted by Gasteiger charge is 2.43. The van der Waals surface area contributed by atoms with Gasteiger partial charge in [0.05, 0.1) is 5.41 Å². The number of nitrogens with zero attached hydrogens (tertiary/aromatic N) is 1. The van der Waals surface area contributed by atoms with Crippen molar-refractivity contribution in [1.82, 2.24) is 4.90 Å². The summed E-state index contributed by atoms with van der Waals surface area (Å²) in [5, 5.41) is 9.63. The molecule has 0 spiro atoms. The van der Waals surface area contributed by atoms with Gasteiger partial charge in [0.2, 0.25) is 0 Å². The minimum absolute atomic E-state index is 0.482. The van der Waals surface area contributed by atoms with Crippen LogP contribution >= 0.6 is 0 Å². The van der Waals surface area contributed by atoms with Crippen molar-refractivity contribution in [1.29, 1.82) is 0 Å². The third kappa shape index (κ3) is 3.05. The lowest BCUT2D eigenvalue weighted by molar-refractivity contribution is -0.153. The maximum absolute atomic E-state index is 11.7. The first-order valence-electron chi connectivity index (χ1n) is 7.35. The SMILES string of the molecule is CC1CCCC(CN(C)CC2CC2C)(C(=O)O)C1. The van der Waals surface area contributed by atoms with Crippen LogP contribution in [0.1, 0.15) is 46.0 Å². The van der Waals surface area contributed by atoms with Crippen molar-refractivity contribution in [3.8, 4) is 0 Å². The van der Waals surface area contributed by atoms with Crippen LogP contribution in [0.5, 0.6) is 0 Å². The Balaban J connectivity index is 1.94. The van der Waals surface area contributed by atoms with Gasteiger partial charge in [-0.15, -0.1) is 0 Å². The molecule has 2 fully saturated rings. The van der Waals surface area contributed by atoms with Crippen LogP contribution in [0, 0.1) is 23.2 Å². The van der Waals surface area contributed by atoms with E-state index in [0.29, 0.717) is 5.92 Å². The molecule has 0 amide bonds. The molecule has 3 heteroatoms. The Hall–Kier alpha value is -0.570. The van der Waals surface area contributed by atoms with E-state index in [1.54, 1.807) is 0 Å². The summed E-state index contributed by atoms with van der Waals surface area (Å²) in [5.74, 6) is 1.63. The quantitative estimate of drug-likeness (QED) is 0.819. The van der Waals surface area contributed by atoms with Crippen molar-refractivity contribution in [2.75, 3.05) is 20.1 Å². The van der Waals surface area contributed by atoms with Crippen molar-refractivity contribution >= 4 is 5.97 Å². The fourth-order valence-corrected chi connectivity index (χ4v) is 3.70. The van der Waals surface area contributed by atoms with Gasteiger partial charge in [-0.05, 0) is 44.1 Å². The van der Waals surface area contributed by atoms with Crippen molar-refractivity contribution in [2.45, 2.75) is 46.0 Å². The van der Waals surface area contributed by atoms with Crippen molar-refractivity contribution in [3.05, 3.63) is 0 Å². The highest BCUT2D eigenvalue weighted by atomic mass is 16.4. The molecule has 0 aromatic rings. The van der Waals surface area contributed by atoms with Crippen LogP contribution in [-0.4, -0.2) is 36.1 Å². The first-order chi connectivity index (χ1) is 8.43. The zero-order chi connectivity index (χ0) is 13.3. The number of aliphatic carboxylic acids is 1. The Morgan fingerprint density at radius 1 is 1.44 bits per heavy atom. The molecule has 0 aliphatic heterocycles. The van der Waals surface area contributed by atoms with E-state index in [4.69, 9.17) is 0 Å². The van der Waals surface area contributed by atoms with Gasteiger partial charge in [0.15, 0.2) is 0 Å². The molecule has 104 valence electrons. The fraction of sp³-hybridized carbons (Fsp3) is 0.933. The van der Waals surface area contributed by atoms with Gasteiger partial charge in [0.25, 0.3) is 0 Å². The summed E-state index contributed by atoms with van der Waals surface area (Å²) in [6.07, 6.45) is 5.30. The number of hydrogen-bond donors (Lipinski definition) is 1. The lowest BCUT2D eigenvalue weighted by Gasteiger charge is -2.39. The Kier molecular flexibility index (Phi) is 4.00. The van der Waals surface area contributed by atoms with Crippen LogP contribution in [-0.2, 0) is 4.79 Å². The number of carbonyl (C=O) groups is 1. The van der Waals surface area contributed by atoms with Gasteiger partial charge in [0, 0.05) is 13.1 Å². The third-order valence-corrected chi connectivity index (χ3v) is 4.94. The monoisotopic (exact) mass is 253 g/mol. The summed E-state index contributed by atoms with van der Waals surface area (Å²) in [5.41, 5.74) is -0.482. The predicted octanol–water partition coefficient (Wildman–Crippen LogP) is 2.86. The largest absolute Gasteiger partial charge is 0.481 e. The molecule has 2 aliphatic carbocycles. The van der Waals surface area contributed by atoms with Crippen LogP contribution in [0.15, 0.2) is 0 Å². The van der Waals surface area contributed by atoms with E-state index in [2.05, 4.69) is 25.8 Å². The molecule has 4 unspecified atom stereocenters. The zero-order valence-electron chi connectivity index (χ0n) is 12.0. The maximum Gasteiger partial charge on any atom is 0.310 e. The molecule has 3 nitrogen and oxygen atoms in total. The van der Waals surface area contributed by atoms with E-state index < -0.39 is 11.4 Å². The molecular weight excluding hydrogens is 226 g/mol. The van der Waals surface area contributed by atoms with Gasteiger partial charge in [-0.25, -0.2) is 0 Å². The molecular formula is C15H27NO2. The van der Waals surface area contributed by atoms with E-state index in [1.807, 2.05) is 0 Å². The lowest BCUT2D eigenvalue weighted by atomic mass is 9.69. The Labute approximate surface area is 111 Å². The van der Waals surface area contributed by atoms with Crippen LogP contribution < -0.4 is 0 Å². The fourth-order valence-electron chi connectivity index (χ4n) is 3.70. The first-order valence-corrected chi connectivity index (χ1v) is 7.35. The van der Waals surface area contributed by atoms with E-state index in [9.17, 15) is 9.90 Å². The second-order valence-corrected chi connectivity index (χ2v) is 6.96. The van der Waals surface area contributed by atoms with Gasteiger partial charge in [0.1, 0.15) is 0 Å². The lowest BCUT2D eigenvalue weighted by Crippen LogP contribution is -2.45. The molecule has 0 bridgehead atoms. The average Bonchev–Trinajstić information content (AvgIpc) is 2.93. The molecule has 1 N–H and O–H groups in total. The van der Waals surface area contributed by atoms with E-state index in [1.165, 1.54) is 12.8 Å².